The van der Waals surface area contributed by atoms with Crippen molar-refractivity contribution in [3.63, 3.8) is 0 Å². The second-order valence-corrected chi connectivity index (χ2v) is 6.48. The molecule has 0 spiro atoms. The minimum Gasteiger partial charge on any atom is -0.439 e. The van der Waals surface area contributed by atoms with Gasteiger partial charge in [-0.15, -0.1) is 0 Å². The normalized spacial score (nSPS) is 10.4. The molecule has 0 radical (unpaired) electrons. The van der Waals surface area contributed by atoms with E-state index in [1.54, 1.807) is 24.3 Å². The molecule has 0 fully saturated rings. The lowest BCUT2D eigenvalue weighted by atomic mass is 10.1. The largest absolute Gasteiger partial charge is 0.439 e. The molecule has 10 heteroatoms. The van der Waals surface area contributed by atoms with Crippen molar-refractivity contribution in [2.24, 2.45) is 0 Å². The van der Waals surface area contributed by atoms with E-state index in [1.165, 1.54) is 24.3 Å². The van der Waals surface area contributed by atoms with E-state index in [2.05, 4.69) is 9.97 Å². The van der Waals surface area contributed by atoms with Gasteiger partial charge in [0.1, 0.15) is 23.9 Å². The van der Waals surface area contributed by atoms with Crippen LogP contribution in [-0.4, -0.2) is 19.8 Å². The topological polar surface area (TPSA) is 131 Å². The Morgan fingerprint density at radius 3 is 1.22 bits per heavy atom. The number of hydrogen-bond donors (Lipinski definition) is 0. The lowest BCUT2D eigenvalue weighted by Crippen LogP contribution is -1.92. The van der Waals surface area contributed by atoms with Gasteiger partial charge in [0.2, 0.25) is 11.8 Å². The third-order valence-electron chi connectivity index (χ3n) is 4.35. The van der Waals surface area contributed by atoms with Crippen LogP contribution < -0.4 is 9.47 Å². The van der Waals surface area contributed by atoms with Crippen LogP contribution in [0.4, 0.5) is 11.4 Å². The van der Waals surface area contributed by atoms with Crippen LogP contribution in [-0.2, 0) is 0 Å². The molecule has 2 heterocycles. The minimum atomic E-state index is -0.523. The smallest absolute Gasteiger partial charge is 0.287 e. The van der Waals surface area contributed by atoms with Gasteiger partial charge >= 0.3 is 0 Å². The summed E-state index contributed by atoms with van der Waals surface area (Å²) in [5.74, 6) is 1.59. The van der Waals surface area contributed by atoms with Gasteiger partial charge < -0.3 is 9.47 Å². The highest BCUT2D eigenvalue weighted by atomic mass is 16.6. The molecule has 10 nitrogen and oxygen atoms in total. The summed E-state index contributed by atoms with van der Waals surface area (Å²) in [5, 5.41) is 21.4. The van der Waals surface area contributed by atoms with Gasteiger partial charge in [0.15, 0.2) is 0 Å². The van der Waals surface area contributed by atoms with Crippen molar-refractivity contribution in [2.45, 2.75) is 0 Å². The lowest BCUT2D eigenvalue weighted by Gasteiger charge is -2.08. The fraction of sp³-hybridized carbons (Fsp3) is 0. The first-order chi connectivity index (χ1) is 15.5. The van der Waals surface area contributed by atoms with E-state index in [-0.39, 0.29) is 23.1 Å². The Balaban J connectivity index is 1.40. The van der Waals surface area contributed by atoms with E-state index in [1.807, 2.05) is 24.3 Å². The van der Waals surface area contributed by atoms with Gasteiger partial charge in [-0.25, -0.2) is 9.97 Å². The molecule has 0 N–H and O–H groups in total. The van der Waals surface area contributed by atoms with E-state index in [4.69, 9.17) is 9.47 Å². The van der Waals surface area contributed by atoms with Gasteiger partial charge in [0, 0.05) is 24.3 Å². The molecular weight excluding hydrogens is 416 g/mol. The number of nitro groups is 2. The molecule has 4 aromatic rings. The zero-order valence-electron chi connectivity index (χ0n) is 16.3. The van der Waals surface area contributed by atoms with Gasteiger partial charge in [-0.3, -0.25) is 20.2 Å². The van der Waals surface area contributed by atoms with Gasteiger partial charge in [0.25, 0.3) is 11.4 Å². The number of ether oxygens (including phenoxy) is 2. The average Bonchev–Trinajstić information content (AvgIpc) is 2.81. The fourth-order valence-corrected chi connectivity index (χ4v) is 2.75. The molecule has 0 atom stereocenters. The maximum absolute atomic E-state index is 10.7. The molecule has 32 heavy (non-hydrogen) atoms. The van der Waals surface area contributed by atoms with E-state index in [9.17, 15) is 20.2 Å². The zero-order valence-corrected chi connectivity index (χ0v) is 16.3. The Kier molecular flexibility index (Phi) is 5.66. The minimum absolute atomic E-state index is 0.107. The van der Waals surface area contributed by atoms with E-state index in [0.29, 0.717) is 11.5 Å². The highest BCUT2D eigenvalue weighted by Crippen LogP contribution is 2.28. The van der Waals surface area contributed by atoms with Gasteiger partial charge in [-0.2, -0.15) is 0 Å². The van der Waals surface area contributed by atoms with Crippen molar-refractivity contribution in [3.05, 3.63) is 105 Å². The summed E-state index contributed by atoms with van der Waals surface area (Å²) in [7, 11) is 0. The Labute approximate surface area is 181 Å². The number of pyridine rings is 2. The summed E-state index contributed by atoms with van der Waals surface area (Å²) >= 11 is 0. The van der Waals surface area contributed by atoms with Crippen molar-refractivity contribution < 1.29 is 19.3 Å². The third-order valence-corrected chi connectivity index (χ3v) is 4.35. The molecule has 2 aromatic carbocycles. The highest BCUT2D eigenvalue weighted by Gasteiger charge is 2.08. The maximum Gasteiger partial charge on any atom is 0.287 e. The van der Waals surface area contributed by atoms with Crippen molar-refractivity contribution in [1.29, 1.82) is 0 Å². The maximum atomic E-state index is 10.7. The van der Waals surface area contributed by atoms with Crippen LogP contribution in [0.25, 0.3) is 11.1 Å². The summed E-state index contributed by atoms with van der Waals surface area (Å²) in [6, 6.07) is 20.1. The van der Waals surface area contributed by atoms with Crippen LogP contribution in [0.3, 0.4) is 0 Å². The Morgan fingerprint density at radius 2 is 0.938 bits per heavy atom. The van der Waals surface area contributed by atoms with Crippen molar-refractivity contribution in [1.82, 2.24) is 9.97 Å². The molecule has 0 unspecified atom stereocenters. The number of nitrogens with zero attached hydrogens (tertiary/aromatic N) is 4. The first kappa shape index (κ1) is 20.4. The monoisotopic (exact) mass is 430 g/mol. The third kappa shape index (κ3) is 4.82. The first-order valence-electron chi connectivity index (χ1n) is 9.25. The summed E-state index contributed by atoms with van der Waals surface area (Å²) in [6.07, 6.45) is 2.28. The molecular formula is C22H14N4O6. The second-order valence-electron chi connectivity index (χ2n) is 6.48. The van der Waals surface area contributed by atoms with Gasteiger partial charge in [0.05, 0.1) is 9.85 Å². The van der Waals surface area contributed by atoms with Gasteiger partial charge in [-0.05, 0) is 35.4 Å². The number of aromatic nitrogens is 2. The first-order valence-corrected chi connectivity index (χ1v) is 9.25. The second kappa shape index (κ2) is 8.88. The summed E-state index contributed by atoms with van der Waals surface area (Å²) in [4.78, 5) is 28.1. The van der Waals surface area contributed by atoms with Crippen molar-refractivity contribution in [2.75, 3.05) is 0 Å². The van der Waals surface area contributed by atoms with Crippen LogP contribution in [0.2, 0.25) is 0 Å². The average molecular weight is 430 g/mol. The molecule has 0 aliphatic heterocycles. The van der Waals surface area contributed by atoms with Crippen molar-refractivity contribution >= 4 is 11.4 Å². The molecule has 0 saturated carbocycles. The molecule has 158 valence electrons. The van der Waals surface area contributed by atoms with Crippen LogP contribution in [0.1, 0.15) is 0 Å². The molecule has 0 amide bonds. The van der Waals surface area contributed by atoms with E-state index >= 15 is 0 Å². The van der Waals surface area contributed by atoms with Crippen LogP contribution in [0.5, 0.6) is 23.3 Å². The summed E-state index contributed by atoms with van der Waals surface area (Å²) < 4.78 is 11.2. The van der Waals surface area contributed by atoms with E-state index < -0.39 is 9.85 Å². The number of benzene rings is 2. The molecule has 0 aliphatic rings. The predicted octanol–water partition coefficient (Wildman–Crippen LogP) is 5.54. The Morgan fingerprint density at radius 1 is 0.562 bits per heavy atom. The standard InChI is InChI=1S/C22H14N4O6/c27-25(28)17-5-11-21(23-13-17)31-19-7-1-15(2-8-19)16-3-9-20(10-4-16)32-22-12-6-18(14-24-22)26(29)30/h1-14H. The van der Waals surface area contributed by atoms with Crippen LogP contribution in [0.15, 0.2) is 85.2 Å². The molecule has 0 saturated heterocycles. The molecule has 2 aromatic heterocycles. The number of hydrogen-bond acceptors (Lipinski definition) is 8. The van der Waals surface area contributed by atoms with Crippen LogP contribution >= 0.6 is 0 Å². The summed E-state index contributed by atoms with van der Waals surface area (Å²) in [6.45, 7) is 0. The number of rotatable bonds is 7. The molecule has 0 aliphatic carbocycles. The molecule has 4 rings (SSSR count). The molecule has 0 bridgehead atoms. The van der Waals surface area contributed by atoms with Crippen LogP contribution in [0, 0.1) is 20.2 Å². The Hall–Kier alpha value is -4.86. The Bertz CT molecular complexity index is 1140. The quantitative estimate of drug-likeness (QED) is 0.276. The predicted molar refractivity (Wildman–Crippen MR) is 114 cm³/mol. The zero-order chi connectivity index (χ0) is 22.5. The fourth-order valence-electron chi connectivity index (χ4n) is 2.75. The van der Waals surface area contributed by atoms with Gasteiger partial charge in [-0.1, -0.05) is 24.3 Å². The highest BCUT2D eigenvalue weighted by molar-refractivity contribution is 5.65. The SMILES string of the molecule is O=[N+]([O-])c1ccc(Oc2ccc(-c3ccc(Oc4ccc([N+](=O)[O-])cn4)cc3)cc2)nc1. The van der Waals surface area contributed by atoms with Crippen molar-refractivity contribution in [3.8, 4) is 34.4 Å². The summed E-state index contributed by atoms with van der Waals surface area (Å²) in [5.41, 5.74) is 1.66. The van der Waals surface area contributed by atoms with E-state index in [0.717, 1.165) is 23.5 Å². The lowest BCUT2D eigenvalue weighted by molar-refractivity contribution is -0.385.